The molecule has 1 heterocycles. The van der Waals surface area contributed by atoms with Gasteiger partial charge in [0.25, 0.3) is 0 Å². The molecule has 0 spiro atoms. The Kier molecular flexibility index (Phi) is 4.54. The van der Waals surface area contributed by atoms with Gasteiger partial charge in [-0.3, -0.25) is 0 Å². The molecule has 0 aliphatic heterocycles. The Morgan fingerprint density at radius 3 is 2.71 bits per heavy atom. The van der Waals surface area contributed by atoms with E-state index in [-0.39, 0.29) is 0 Å². The predicted octanol–water partition coefficient (Wildman–Crippen LogP) is 3.14. The van der Waals surface area contributed by atoms with Crippen molar-refractivity contribution in [2.24, 2.45) is 0 Å². The van der Waals surface area contributed by atoms with Gasteiger partial charge in [0.1, 0.15) is 5.82 Å². The third-order valence-corrected chi connectivity index (χ3v) is 3.74. The average Bonchev–Trinajstić information content (AvgIpc) is 2.93. The summed E-state index contributed by atoms with van der Waals surface area (Å²) in [5, 5.41) is 15.7. The molecule has 1 aromatic carbocycles. The van der Waals surface area contributed by atoms with Gasteiger partial charge in [0.15, 0.2) is 6.04 Å². The number of benzene rings is 1. The zero-order valence-corrected chi connectivity index (χ0v) is 11.9. The van der Waals surface area contributed by atoms with E-state index in [1.165, 1.54) is 29.5 Å². The van der Waals surface area contributed by atoms with Crippen LogP contribution in [0.1, 0.15) is 16.5 Å². The Morgan fingerprint density at radius 2 is 2.10 bits per heavy atom. The van der Waals surface area contributed by atoms with E-state index in [0.717, 1.165) is 0 Å². The number of aryl methyl sites for hydroxylation is 1. The maximum atomic E-state index is 13.1. The summed E-state index contributed by atoms with van der Waals surface area (Å²) >= 11 is 1.23. The van der Waals surface area contributed by atoms with Crippen molar-refractivity contribution in [2.75, 3.05) is 5.32 Å². The van der Waals surface area contributed by atoms with E-state index >= 15 is 0 Å². The number of halogens is 1. The third kappa shape index (κ3) is 3.79. The van der Waals surface area contributed by atoms with Crippen molar-refractivity contribution >= 4 is 29.0 Å². The minimum absolute atomic E-state index is 0.294. The number of amides is 2. The van der Waals surface area contributed by atoms with Crippen LogP contribution in [0.2, 0.25) is 0 Å². The number of hydrogen-bond donors (Lipinski definition) is 3. The molecule has 21 heavy (non-hydrogen) atoms. The first-order valence-corrected chi connectivity index (χ1v) is 6.95. The van der Waals surface area contributed by atoms with Crippen LogP contribution in [0.25, 0.3) is 0 Å². The monoisotopic (exact) mass is 308 g/mol. The second-order valence-electron chi connectivity index (χ2n) is 4.34. The van der Waals surface area contributed by atoms with E-state index in [0.29, 0.717) is 16.1 Å². The molecule has 7 heteroatoms. The largest absolute Gasteiger partial charge is 0.479 e. The molecule has 0 aliphatic carbocycles. The minimum atomic E-state index is -1.16. The Labute approximate surface area is 124 Å². The molecule has 0 bridgehead atoms. The van der Waals surface area contributed by atoms with E-state index < -0.39 is 23.9 Å². The van der Waals surface area contributed by atoms with Gasteiger partial charge in [0, 0.05) is 10.6 Å². The molecular weight excluding hydrogens is 295 g/mol. The second-order valence-corrected chi connectivity index (χ2v) is 5.32. The molecule has 1 aromatic heterocycles. The molecule has 0 fully saturated rings. The third-order valence-electron chi connectivity index (χ3n) is 2.80. The van der Waals surface area contributed by atoms with Crippen LogP contribution in [-0.4, -0.2) is 17.1 Å². The molecule has 0 saturated carbocycles. The topological polar surface area (TPSA) is 78.4 Å². The smallest absolute Gasteiger partial charge is 0.331 e. The van der Waals surface area contributed by atoms with Crippen molar-refractivity contribution in [3.63, 3.8) is 0 Å². The fourth-order valence-electron chi connectivity index (χ4n) is 1.73. The first-order chi connectivity index (χ1) is 9.97. The van der Waals surface area contributed by atoms with Crippen molar-refractivity contribution in [3.8, 4) is 0 Å². The molecule has 110 valence electrons. The Hall–Kier alpha value is -2.41. The van der Waals surface area contributed by atoms with Crippen molar-refractivity contribution in [3.05, 3.63) is 52.0 Å². The molecule has 2 aromatic rings. The summed E-state index contributed by atoms with van der Waals surface area (Å²) in [6, 6.07) is 5.46. The van der Waals surface area contributed by atoms with Crippen LogP contribution >= 0.6 is 11.3 Å². The molecule has 2 amide bonds. The zero-order chi connectivity index (χ0) is 15.4. The van der Waals surface area contributed by atoms with E-state index in [2.05, 4.69) is 10.6 Å². The Balaban J connectivity index is 2.10. The van der Waals surface area contributed by atoms with Gasteiger partial charge in [0.05, 0.1) is 0 Å². The molecule has 5 nitrogen and oxygen atoms in total. The molecule has 1 unspecified atom stereocenters. The van der Waals surface area contributed by atoms with E-state index in [1.54, 1.807) is 24.4 Å². The van der Waals surface area contributed by atoms with E-state index in [9.17, 15) is 14.0 Å². The number of urea groups is 1. The fraction of sp³-hybridized carbons (Fsp3) is 0.143. The highest BCUT2D eigenvalue weighted by atomic mass is 32.1. The van der Waals surface area contributed by atoms with E-state index in [4.69, 9.17) is 5.11 Å². The van der Waals surface area contributed by atoms with Crippen LogP contribution in [-0.2, 0) is 4.79 Å². The number of carboxylic acids is 1. The molecule has 0 aliphatic rings. The van der Waals surface area contributed by atoms with Crippen molar-refractivity contribution in [2.45, 2.75) is 13.0 Å². The lowest BCUT2D eigenvalue weighted by atomic mass is 10.2. The minimum Gasteiger partial charge on any atom is -0.479 e. The Bertz CT molecular complexity index is 658. The van der Waals surface area contributed by atoms with Gasteiger partial charge in [-0.1, -0.05) is 12.1 Å². The van der Waals surface area contributed by atoms with Gasteiger partial charge in [-0.25, -0.2) is 14.0 Å². The number of thiophene rings is 1. The number of anilines is 1. The average molecular weight is 308 g/mol. The van der Waals surface area contributed by atoms with Crippen LogP contribution in [0.5, 0.6) is 0 Å². The Morgan fingerprint density at radius 1 is 1.33 bits per heavy atom. The van der Waals surface area contributed by atoms with Crippen LogP contribution in [0.3, 0.4) is 0 Å². The maximum absolute atomic E-state index is 13.1. The van der Waals surface area contributed by atoms with Crippen molar-refractivity contribution in [1.82, 2.24) is 5.32 Å². The zero-order valence-electron chi connectivity index (χ0n) is 11.1. The van der Waals surface area contributed by atoms with Gasteiger partial charge in [-0.15, -0.1) is 11.3 Å². The summed E-state index contributed by atoms with van der Waals surface area (Å²) in [6.07, 6.45) is 0. The number of nitrogens with one attached hydrogen (secondary N) is 2. The highest BCUT2D eigenvalue weighted by molar-refractivity contribution is 7.10. The van der Waals surface area contributed by atoms with Gasteiger partial charge < -0.3 is 15.7 Å². The van der Waals surface area contributed by atoms with Crippen LogP contribution in [0.15, 0.2) is 35.7 Å². The number of hydrogen-bond acceptors (Lipinski definition) is 3. The highest BCUT2D eigenvalue weighted by Crippen LogP contribution is 2.20. The summed E-state index contributed by atoms with van der Waals surface area (Å²) in [5.41, 5.74) is 0.970. The lowest BCUT2D eigenvalue weighted by Gasteiger charge is -2.14. The van der Waals surface area contributed by atoms with Crippen LogP contribution in [0.4, 0.5) is 14.9 Å². The fourth-order valence-corrected chi connectivity index (χ4v) is 2.50. The lowest BCUT2D eigenvalue weighted by Crippen LogP contribution is -2.36. The molecule has 3 N–H and O–H groups in total. The lowest BCUT2D eigenvalue weighted by molar-refractivity contribution is -0.139. The quantitative estimate of drug-likeness (QED) is 0.812. The van der Waals surface area contributed by atoms with Gasteiger partial charge >= 0.3 is 12.0 Å². The molecule has 2 rings (SSSR count). The summed E-state index contributed by atoms with van der Waals surface area (Å²) in [7, 11) is 0. The normalized spacial score (nSPS) is 11.7. The van der Waals surface area contributed by atoms with Crippen molar-refractivity contribution in [1.29, 1.82) is 0 Å². The first kappa shape index (κ1) is 15.0. The number of rotatable bonds is 4. The summed E-state index contributed by atoms with van der Waals surface area (Å²) in [6.45, 7) is 1.71. The molecular formula is C14H13FN2O3S. The molecule has 1 atom stereocenters. The predicted molar refractivity (Wildman–Crippen MR) is 78.0 cm³/mol. The van der Waals surface area contributed by atoms with Crippen LogP contribution < -0.4 is 10.6 Å². The second kappa shape index (κ2) is 6.36. The summed E-state index contributed by atoms with van der Waals surface area (Å²) in [4.78, 5) is 23.6. The summed E-state index contributed by atoms with van der Waals surface area (Å²) in [5.74, 6) is -1.65. The highest BCUT2D eigenvalue weighted by Gasteiger charge is 2.23. The van der Waals surface area contributed by atoms with Crippen molar-refractivity contribution < 1.29 is 19.1 Å². The van der Waals surface area contributed by atoms with E-state index in [1.807, 2.05) is 0 Å². The maximum Gasteiger partial charge on any atom is 0.331 e. The first-order valence-electron chi connectivity index (χ1n) is 6.07. The number of carbonyl (C=O) groups excluding carboxylic acids is 1. The number of carbonyl (C=O) groups is 2. The van der Waals surface area contributed by atoms with Gasteiger partial charge in [-0.2, -0.15) is 0 Å². The number of carboxylic acid groups (broad SMARTS) is 1. The number of aliphatic carboxylic acids is 1. The summed E-state index contributed by atoms with van der Waals surface area (Å²) < 4.78 is 13.1. The molecule has 0 saturated heterocycles. The molecule has 0 radical (unpaired) electrons. The van der Waals surface area contributed by atoms with Gasteiger partial charge in [-0.05, 0) is 36.1 Å². The van der Waals surface area contributed by atoms with Crippen LogP contribution in [0, 0.1) is 12.7 Å². The SMILES string of the molecule is Cc1ccc(F)cc1NC(=O)NC(C(=O)O)c1cccs1. The standard InChI is InChI=1S/C14H13FN2O3S/c1-8-4-5-9(15)7-10(8)16-14(20)17-12(13(18)19)11-3-2-6-21-11/h2-7,12H,1H3,(H,18,19)(H2,16,17,20). The van der Waals surface area contributed by atoms with Gasteiger partial charge in [0.2, 0.25) is 0 Å².